The molecule has 1 aliphatic carbocycles. The number of carbonyl (C=O) groups is 2. The van der Waals surface area contributed by atoms with E-state index in [1.807, 2.05) is 0 Å². The summed E-state index contributed by atoms with van der Waals surface area (Å²) in [6.45, 7) is 5.32. The maximum Gasteiger partial charge on any atom is 0.407 e. The number of ether oxygens (including phenoxy) is 3. The van der Waals surface area contributed by atoms with Gasteiger partial charge >= 0.3 is 12.1 Å². The molecular weight excluding hydrogens is 493 g/mol. The zero-order valence-corrected chi connectivity index (χ0v) is 20.5. The van der Waals surface area contributed by atoms with Gasteiger partial charge in [-0.05, 0) is 51.0 Å². The van der Waals surface area contributed by atoms with Gasteiger partial charge in [0.05, 0.1) is 23.2 Å². The van der Waals surface area contributed by atoms with E-state index in [-0.39, 0.29) is 42.2 Å². The first-order chi connectivity index (χ1) is 15.7. The molecule has 2 aliphatic rings. The van der Waals surface area contributed by atoms with Crippen molar-refractivity contribution < 1.29 is 41.7 Å². The molecule has 0 bridgehead atoms. The van der Waals surface area contributed by atoms with Crippen molar-refractivity contribution in [3.05, 3.63) is 46.3 Å². The van der Waals surface area contributed by atoms with Crippen molar-refractivity contribution in [3.8, 4) is 0 Å². The van der Waals surface area contributed by atoms with Gasteiger partial charge in [-0.3, -0.25) is 0 Å². The molecule has 1 aliphatic heterocycles. The molecule has 9 nitrogen and oxygen atoms in total. The van der Waals surface area contributed by atoms with Crippen LogP contribution in [0.5, 0.6) is 0 Å². The largest absolute Gasteiger partial charge is 0.478 e. The van der Waals surface area contributed by atoms with E-state index in [2.05, 4.69) is 5.32 Å². The van der Waals surface area contributed by atoms with Crippen molar-refractivity contribution in [2.45, 2.75) is 62.1 Å². The maximum atomic E-state index is 13.3. The molecule has 2 unspecified atom stereocenters. The van der Waals surface area contributed by atoms with Gasteiger partial charge < -0.3 is 24.6 Å². The number of carbonyl (C=O) groups excluding carboxylic acids is 1. The highest BCUT2D eigenvalue weighted by atomic mass is 35.5. The SMILES string of the molecule is CC(C)(C)OC(=O)NC[C@@H]1COC2(C=C(C(=O)O)C(S(=O)(=O)Cc3ccc(F)cc3Cl)CC2)O1. The minimum absolute atomic E-state index is 0.0560. The zero-order chi connectivity index (χ0) is 25.3. The minimum Gasteiger partial charge on any atom is -0.478 e. The highest BCUT2D eigenvalue weighted by molar-refractivity contribution is 7.91. The monoisotopic (exact) mass is 519 g/mol. The van der Waals surface area contributed by atoms with Crippen LogP contribution in [-0.4, -0.2) is 61.5 Å². The highest BCUT2D eigenvalue weighted by Gasteiger charge is 2.48. The maximum absolute atomic E-state index is 13.3. The lowest BCUT2D eigenvalue weighted by Gasteiger charge is -2.33. The van der Waals surface area contributed by atoms with Crippen molar-refractivity contribution >= 4 is 33.5 Å². The second-order valence-electron chi connectivity index (χ2n) is 9.22. The van der Waals surface area contributed by atoms with E-state index >= 15 is 0 Å². The molecule has 1 spiro atoms. The Balaban J connectivity index is 1.72. The second-order valence-corrected chi connectivity index (χ2v) is 11.8. The van der Waals surface area contributed by atoms with E-state index in [4.69, 9.17) is 25.8 Å². The van der Waals surface area contributed by atoms with E-state index in [1.165, 1.54) is 12.1 Å². The summed E-state index contributed by atoms with van der Waals surface area (Å²) in [7, 11) is -4.01. The smallest absolute Gasteiger partial charge is 0.407 e. The van der Waals surface area contributed by atoms with Crippen molar-refractivity contribution in [2.24, 2.45) is 0 Å². The summed E-state index contributed by atoms with van der Waals surface area (Å²) in [6.07, 6.45) is -0.00174. The van der Waals surface area contributed by atoms with Crippen LogP contribution in [0.2, 0.25) is 5.02 Å². The topological polar surface area (TPSA) is 128 Å². The number of aliphatic carboxylic acids is 1. The lowest BCUT2D eigenvalue weighted by molar-refractivity contribution is -0.143. The van der Waals surface area contributed by atoms with Gasteiger partial charge in [0.15, 0.2) is 15.6 Å². The van der Waals surface area contributed by atoms with Crippen LogP contribution in [0.3, 0.4) is 0 Å². The predicted molar refractivity (Wildman–Crippen MR) is 121 cm³/mol. The molecule has 34 heavy (non-hydrogen) atoms. The fraction of sp³-hybridized carbons (Fsp3) is 0.545. The van der Waals surface area contributed by atoms with Crippen LogP contribution in [0.25, 0.3) is 0 Å². The Hall–Kier alpha value is -2.21. The molecule has 188 valence electrons. The average Bonchev–Trinajstić information content (AvgIpc) is 3.09. The van der Waals surface area contributed by atoms with Crippen molar-refractivity contribution in [2.75, 3.05) is 13.2 Å². The number of hydrogen-bond donors (Lipinski definition) is 2. The summed E-state index contributed by atoms with van der Waals surface area (Å²) in [5.74, 6) is -3.98. The summed E-state index contributed by atoms with van der Waals surface area (Å²) < 4.78 is 56.2. The number of carboxylic acid groups (broad SMARTS) is 1. The van der Waals surface area contributed by atoms with E-state index in [0.717, 1.165) is 12.1 Å². The summed E-state index contributed by atoms with van der Waals surface area (Å²) in [6, 6.07) is 3.35. The fourth-order valence-corrected chi connectivity index (χ4v) is 6.05. The molecule has 12 heteroatoms. The van der Waals surface area contributed by atoms with Crippen LogP contribution in [0.1, 0.15) is 39.2 Å². The van der Waals surface area contributed by atoms with Gasteiger partial charge in [0.2, 0.25) is 0 Å². The molecule has 1 amide bonds. The number of sulfone groups is 1. The number of alkyl carbamates (subject to hydrolysis) is 1. The molecule has 1 heterocycles. The van der Waals surface area contributed by atoms with Gasteiger partial charge in [0, 0.05) is 18.0 Å². The van der Waals surface area contributed by atoms with Crippen LogP contribution >= 0.6 is 11.6 Å². The van der Waals surface area contributed by atoms with Gasteiger partial charge in [-0.2, -0.15) is 0 Å². The predicted octanol–water partition coefficient (Wildman–Crippen LogP) is 3.20. The molecule has 0 aromatic heterocycles. The van der Waals surface area contributed by atoms with E-state index in [9.17, 15) is 27.5 Å². The Labute approximate surface area is 202 Å². The number of carboxylic acids is 1. The Kier molecular flexibility index (Phi) is 7.61. The summed E-state index contributed by atoms with van der Waals surface area (Å²) >= 11 is 5.96. The van der Waals surface area contributed by atoms with Crippen molar-refractivity contribution in [1.82, 2.24) is 5.32 Å². The first kappa shape index (κ1) is 26.4. The Morgan fingerprint density at radius 3 is 2.68 bits per heavy atom. The van der Waals surface area contributed by atoms with Crippen LogP contribution < -0.4 is 5.32 Å². The van der Waals surface area contributed by atoms with Crippen LogP contribution in [0, 0.1) is 5.82 Å². The number of nitrogens with one attached hydrogen (secondary N) is 1. The average molecular weight is 520 g/mol. The first-order valence-corrected chi connectivity index (χ1v) is 12.7. The molecule has 0 radical (unpaired) electrons. The molecule has 3 atom stereocenters. The van der Waals surface area contributed by atoms with E-state index in [1.54, 1.807) is 20.8 Å². The van der Waals surface area contributed by atoms with Gasteiger partial charge in [-0.1, -0.05) is 17.7 Å². The fourth-order valence-electron chi connectivity index (χ4n) is 3.82. The minimum atomic E-state index is -4.01. The summed E-state index contributed by atoms with van der Waals surface area (Å²) in [5, 5.41) is 10.9. The summed E-state index contributed by atoms with van der Waals surface area (Å²) in [4.78, 5) is 23.8. The van der Waals surface area contributed by atoms with Crippen LogP contribution in [0.4, 0.5) is 9.18 Å². The van der Waals surface area contributed by atoms with Gasteiger partial charge in [-0.25, -0.2) is 22.4 Å². The summed E-state index contributed by atoms with van der Waals surface area (Å²) in [5.41, 5.74) is -0.862. The lowest BCUT2D eigenvalue weighted by atomic mass is 9.94. The third-order valence-corrected chi connectivity index (χ3v) is 7.70. The van der Waals surface area contributed by atoms with Crippen LogP contribution in [0.15, 0.2) is 29.8 Å². The molecule has 0 saturated carbocycles. The van der Waals surface area contributed by atoms with E-state index in [0.29, 0.717) is 0 Å². The third-order valence-electron chi connectivity index (χ3n) is 5.28. The number of benzene rings is 1. The first-order valence-electron chi connectivity index (χ1n) is 10.6. The Bertz CT molecular complexity index is 1100. The molecule has 1 aromatic rings. The van der Waals surface area contributed by atoms with Crippen molar-refractivity contribution in [3.63, 3.8) is 0 Å². The quantitative estimate of drug-likeness (QED) is 0.586. The highest BCUT2D eigenvalue weighted by Crippen LogP contribution is 2.39. The van der Waals surface area contributed by atoms with E-state index < -0.39 is 56.2 Å². The molecule has 3 rings (SSSR count). The van der Waals surface area contributed by atoms with Gasteiger partial charge in [0.1, 0.15) is 17.5 Å². The standard InChI is InChI=1S/C22H27ClFNO8S/c1-21(2,3)33-20(28)25-10-15-11-31-22(32-15)7-6-18(16(9-22)19(26)27)34(29,30)12-13-4-5-14(24)8-17(13)23/h4-5,8-9,15,18H,6-7,10-12H2,1-3H3,(H,25,28)(H,26,27)/t15-,18?,22?/m1/s1. The van der Waals surface area contributed by atoms with Gasteiger partial charge in [-0.15, -0.1) is 0 Å². The van der Waals surface area contributed by atoms with Crippen molar-refractivity contribution in [1.29, 1.82) is 0 Å². The van der Waals surface area contributed by atoms with Crippen LogP contribution in [-0.2, 0) is 34.6 Å². The Morgan fingerprint density at radius 2 is 2.06 bits per heavy atom. The molecule has 1 saturated heterocycles. The number of rotatable bonds is 6. The molecule has 2 N–H and O–H groups in total. The Morgan fingerprint density at radius 1 is 1.35 bits per heavy atom. The number of hydrogen-bond acceptors (Lipinski definition) is 7. The normalized spacial score (nSPS) is 25.1. The number of halogens is 2. The number of amides is 1. The zero-order valence-electron chi connectivity index (χ0n) is 19.0. The third kappa shape index (κ3) is 6.47. The van der Waals surface area contributed by atoms with Gasteiger partial charge in [0.25, 0.3) is 0 Å². The molecule has 1 aromatic carbocycles. The molecule has 1 fully saturated rings. The molecular formula is C22H27ClFNO8S. The lowest BCUT2D eigenvalue weighted by Crippen LogP contribution is -2.42. The second kappa shape index (κ2) is 9.80.